The Balaban J connectivity index is 1.11. The molecule has 3 aromatic heterocycles. The van der Waals surface area contributed by atoms with E-state index < -0.39 is 30.6 Å². The Morgan fingerprint density at radius 3 is 2.97 bits per heavy atom. The van der Waals surface area contributed by atoms with Crippen molar-refractivity contribution in [2.24, 2.45) is 0 Å². The van der Waals surface area contributed by atoms with Crippen molar-refractivity contribution in [1.29, 1.82) is 0 Å². The summed E-state index contributed by atoms with van der Waals surface area (Å²) in [5.41, 5.74) is 1.66. The molecule has 3 aliphatic rings. The van der Waals surface area contributed by atoms with Crippen molar-refractivity contribution in [3.05, 3.63) is 35.9 Å². The van der Waals surface area contributed by atoms with Crippen LogP contribution in [0.4, 0.5) is 25.3 Å². The van der Waals surface area contributed by atoms with E-state index in [2.05, 4.69) is 30.8 Å². The van der Waals surface area contributed by atoms with E-state index in [1.54, 1.807) is 22.7 Å². The lowest BCUT2D eigenvalue weighted by Gasteiger charge is -2.33. The van der Waals surface area contributed by atoms with E-state index in [4.69, 9.17) is 9.47 Å². The maximum atomic E-state index is 15.0. The number of anilines is 2. The molecule has 0 unspecified atom stereocenters. The number of carbonyl (C=O) groups excluding carboxylic acids is 1. The summed E-state index contributed by atoms with van der Waals surface area (Å²) in [6.45, 7) is 3.27. The molecule has 186 valence electrons. The number of carbonyl (C=O) groups is 1. The monoisotopic (exact) mass is 488 g/mol. The number of ether oxygens (including phenoxy) is 2. The van der Waals surface area contributed by atoms with Crippen LogP contribution in [0.5, 0.6) is 0 Å². The maximum Gasteiger partial charge on any atom is 0.408 e. The molecule has 1 amide bonds. The molecule has 2 aliphatic heterocycles. The number of alkyl carbamates (subject to hydrolysis) is 1. The van der Waals surface area contributed by atoms with Crippen LogP contribution in [0.2, 0.25) is 0 Å². The minimum Gasteiger partial charge on any atom is -0.441 e. The van der Waals surface area contributed by atoms with Gasteiger partial charge in [-0.05, 0) is 25.8 Å². The second kappa shape index (κ2) is 8.41. The van der Waals surface area contributed by atoms with Gasteiger partial charge in [-0.2, -0.15) is 5.10 Å². The van der Waals surface area contributed by atoms with Crippen LogP contribution >= 0.6 is 0 Å². The van der Waals surface area contributed by atoms with Crippen molar-refractivity contribution in [1.82, 2.24) is 34.8 Å². The molecule has 3 fully saturated rings. The fourth-order valence-electron chi connectivity index (χ4n) is 4.33. The number of alkyl halides is 2. The SMILES string of the molecule is CC1(NC(=O)O[C@@H]2CO[C@H](c3cc(Nc4nccc5nc(CN6CC(F)C6)cn45)n[nH]3)[C@H]2F)CC1. The summed E-state index contributed by atoms with van der Waals surface area (Å²) in [5.74, 6) is 0.889. The molecule has 3 N–H and O–H groups in total. The van der Waals surface area contributed by atoms with Gasteiger partial charge in [-0.25, -0.2) is 23.5 Å². The topological polar surface area (TPSA) is 122 Å². The van der Waals surface area contributed by atoms with E-state index in [-0.39, 0.29) is 12.1 Å². The molecule has 0 aromatic carbocycles. The summed E-state index contributed by atoms with van der Waals surface area (Å²) in [6.07, 6.45) is 0.360. The quantitative estimate of drug-likeness (QED) is 0.464. The summed E-state index contributed by atoms with van der Waals surface area (Å²) in [6, 6.07) is 3.41. The summed E-state index contributed by atoms with van der Waals surface area (Å²) >= 11 is 0. The van der Waals surface area contributed by atoms with Crippen LogP contribution in [0.15, 0.2) is 24.5 Å². The van der Waals surface area contributed by atoms with Crippen molar-refractivity contribution in [3.63, 3.8) is 0 Å². The van der Waals surface area contributed by atoms with Crippen LogP contribution in [-0.2, 0) is 16.0 Å². The van der Waals surface area contributed by atoms with E-state index in [0.717, 1.165) is 18.5 Å². The van der Waals surface area contributed by atoms with Gasteiger partial charge in [0, 0.05) is 43.6 Å². The third-order valence-corrected chi connectivity index (χ3v) is 6.62. The largest absolute Gasteiger partial charge is 0.441 e. The zero-order valence-electron chi connectivity index (χ0n) is 19.1. The molecule has 35 heavy (non-hydrogen) atoms. The van der Waals surface area contributed by atoms with Gasteiger partial charge in [0.05, 0.1) is 18.0 Å². The second-order valence-electron chi connectivity index (χ2n) is 9.68. The molecule has 11 nitrogen and oxygen atoms in total. The van der Waals surface area contributed by atoms with Crippen molar-refractivity contribution in [3.8, 4) is 0 Å². The molecule has 13 heteroatoms. The lowest BCUT2D eigenvalue weighted by Crippen LogP contribution is -2.47. The Kier molecular flexibility index (Phi) is 5.33. The lowest BCUT2D eigenvalue weighted by molar-refractivity contribution is 0.0581. The molecule has 1 aliphatic carbocycles. The van der Waals surface area contributed by atoms with Crippen molar-refractivity contribution < 1.29 is 23.0 Å². The second-order valence-corrected chi connectivity index (χ2v) is 9.68. The lowest BCUT2D eigenvalue weighted by atomic mass is 10.1. The number of aromatic amines is 1. The first kappa shape index (κ1) is 22.2. The molecule has 0 spiro atoms. The van der Waals surface area contributed by atoms with Crippen LogP contribution in [-0.4, -0.2) is 79.2 Å². The zero-order chi connectivity index (χ0) is 24.2. The maximum absolute atomic E-state index is 15.0. The van der Waals surface area contributed by atoms with E-state index >= 15 is 4.39 Å². The zero-order valence-corrected chi connectivity index (χ0v) is 19.1. The van der Waals surface area contributed by atoms with Gasteiger partial charge in [0.1, 0.15) is 17.9 Å². The smallest absolute Gasteiger partial charge is 0.408 e. The first-order chi connectivity index (χ1) is 16.8. The van der Waals surface area contributed by atoms with Gasteiger partial charge in [0.15, 0.2) is 18.1 Å². The van der Waals surface area contributed by atoms with Gasteiger partial charge in [-0.1, -0.05) is 0 Å². The minimum atomic E-state index is -1.54. The van der Waals surface area contributed by atoms with Crippen LogP contribution in [0.1, 0.15) is 37.3 Å². The molecule has 2 saturated heterocycles. The Bertz CT molecular complexity index is 1240. The highest BCUT2D eigenvalue weighted by atomic mass is 19.1. The normalized spacial score (nSPS) is 26.0. The number of likely N-dealkylation sites (tertiary alicyclic amines) is 1. The molecule has 5 heterocycles. The Morgan fingerprint density at radius 2 is 2.20 bits per heavy atom. The van der Waals surface area contributed by atoms with Crippen molar-refractivity contribution >= 4 is 23.5 Å². The van der Waals surface area contributed by atoms with Crippen LogP contribution < -0.4 is 10.6 Å². The molecular formula is C22H26F2N8O3. The molecule has 0 bridgehead atoms. The Morgan fingerprint density at radius 1 is 1.37 bits per heavy atom. The number of halogens is 2. The highest BCUT2D eigenvalue weighted by Gasteiger charge is 2.44. The number of rotatable bonds is 7. The molecular weight excluding hydrogens is 462 g/mol. The van der Waals surface area contributed by atoms with E-state index in [1.807, 2.05) is 18.0 Å². The minimum absolute atomic E-state index is 0.0450. The summed E-state index contributed by atoms with van der Waals surface area (Å²) in [4.78, 5) is 22.9. The van der Waals surface area contributed by atoms with Crippen molar-refractivity contribution in [2.75, 3.05) is 25.0 Å². The Hall–Kier alpha value is -3.32. The van der Waals surface area contributed by atoms with E-state index in [0.29, 0.717) is 42.7 Å². The number of hydrogen-bond acceptors (Lipinski definition) is 8. The van der Waals surface area contributed by atoms with Crippen LogP contribution in [0.3, 0.4) is 0 Å². The highest BCUT2D eigenvalue weighted by molar-refractivity contribution is 5.69. The molecule has 1 saturated carbocycles. The third-order valence-electron chi connectivity index (χ3n) is 6.62. The summed E-state index contributed by atoms with van der Waals surface area (Å²) in [7, 11) is 0. The molecule has 3 atom stereocenters. The number of H-pyrrole nitrogens is 1. The third kappa shape index (κ3) is 4.52. The number of hydrogen-bond donors (Lipinski definition) is 3. The van der Waals surface area contributed by atoms with Crippen molar-refractivity contribution in [2.45, 2.75) is 56.4 Å². The Labute approximate surface area is 199 Å². The average Bonchev–Trinajstić information content (AvgIpc) is 3.13. The summed E-state index contributed by atoms with van der Waals surface area (Å²) in [5, 5.41) is 12.8. The fraction of sp³-hybridized carbons (Fsp3) is 0.545. The van der Waals surface area contributed by atoms with E-state index in [1.165, 1.54) is 0 Å². The predicted molar refractivity (Wildman–Crippen MR) is 120 cm³/mol. The highest BCUT2D eigenvalue weighted by Crippen LogP contribution is 2.36. The molecule has 3 aromatic rings. The predicted octanol–water partition coefficient (Wildman–Crippen LogP) is 2.41. The van der Waals surface area contributed by atoms with Gasteiger partial charge >= 0.3 is 6.09 Å². The number of nitrogens with one attached hydrogen (secondary N) is 3. The fourth-order valence-corrected chi connectivity index (χ4v) is 4.33. The van der Waals surface area contributed by atoms with Crippen LogP contribution in [0.25, 0.3) is 5.65 Å². The number of imidazole rings is 1. The number of fused-ring (bicyclic) bond motifs is 1. The van der Waals surface area contributed by atoms with E-state index in [9.17, 15) is 9.18 Å². The standard InChI is InChI=1S/C22H26F2N8O3/c1-22(3-4-22)28-21(33)35-15-11-34-19(18(15)24)14-6-16(30-29-14)27-20-25-5-2-17-26-13(10-32(17)20)9-31-7-12(23)8-31/h2,5-6,10,12,15,18-19H,3-4,7-9,11H2,1H3,(H,28,33)(H2,25,27,29,30)/t15-,18+,19-/m1/s1. The molecule has 0 radical (unpaired) electrons. The van der Waals surface area contributed by atoms with Gasteiger partial charge in [0.2, 0.25) is 5.95 Å². The van der Waals surface area contributed by atoms with Gasteiger partial charge in [0.25, 0.3) is 0 Å². The van der Waals surface area contributed by atoms with Gasteiger partial charge in [-0.15, -0.1) is 0 Å². The molecule has 6 rings (SSSR count). The average molecular weight is 488 g/mol. The first-order valence-corrected chi connectivity index (χ1v) is 11.6. The van der Waals surface area contributed by atoms with Gasteiger partial charge < -0.3 is 20.1 Å². The van der Waals surface area contributed by atoms with Crippen LogP contribution in [0, 0.1) is 0 Å². The number of nitrogens with zero attached hydrogens (tertiary/aromatic N) is 5. The number of aromatic nitrogens is 5. The van der Waals surface area contributed by atoms with Gasteiger partial charge in [-0.3, -0.25) is 14.4 Å². The summed E-state index contributed by atoms with van der Waals surface area (Å²) < 4.78 is 40.7. The first-order valence-electron chi connectivity index (χ1n) is 11.6. The number of amides is 1.